The number of carboxylic acids is 1. The minimum atomic E-state index is -3.48. The van der Waals surface area contributed by atoms with Gasteiger partial charge in [-0.2, -0.15) is 0 Å². The van der Waals surface area contributed by atoms with E-state index >= 15 is 0 Å². The molecule has 0 spiro atoms. The Bertz CT molecular complexity index is 701. The van der Waals surface area contributed by atoms with Gasteiger partial charge in [-0.1, -0.05) is 30.3 Å². The molecule has 0 saturated carbocycles. The van der Waals surface area contributed by atoms with E-state index in [2.05, 4.69) is 0 Å². The molecule has 1 atom stereocenters. The van der Waals surface area contributed by atoms with Crippen LogP contribution in [0.3, 0.4) is 0 Å². The zero-order chi connectivity index (χ0) is 17.8. The Hall–Kier alpha value is -1.89. The first-order chi connectivity index (χ1) is 11.2. The van der Waals surface area contributed by atoms with E-state index in [0.29, 0.717) is 25.8 Å². The molecule has 6 nitrogen and oxygen atoms in total. The van der Waals surface area contributed by atoms with Crippen LogP contribution in [0.25, 0.3) is 0 Å². The number of aliphatic carboxylic acids is 1. The molecule has 1 amide bonds. The molecule has 1 saturated heterocycles. The van der Waals surface area contributed by atoms with Crippen molar-refractivity contribution in [2.24, 2.45) is 5.41 Å². The average molecular weight is 353 g/mol. The lowest BCUT2D eigenvalue weighted by molar-refractivity contribution is -0.147. The van der Waals surface area contributed by atoms with Crippen molar-refractivity contribution in [2.45, 2.75) is 26.2 Å². The Morgan fingerprint density at radius 3 is 2.50 bits per heavy atom. The van der Waals surface area contributed by atoms with Crippen LogP contribution < -0.4 is 0 Å². The van der Waals surface area contributed by atoms with Crippen LogP contribution in [0.1, 0.15) is 25.3 Å². The van der Waals surface area contributed by atoms with E-state index in [-0.39, 0.29) is 12.3 Å². The second-order valence-corrected chi connectivity index (χ2v) is 8.80. The quantitative estimate of drug-likeness (QED) is 0.799. The van der Waals surface area contributed by atoms with Gasteiger partial charge in [-0.15, -0.1) is 0 Å². The summed E-state index contributed by atoms with van der Waals surface area (Å²) < 4.78 is 24.2. The van der Waals surface area contributed by atoms with Crippen molar-refractivity contribution < 1.29 is 23.1 Å². The van der Waals surface area contributed by atoms with Gasteiger partial charge in [-0.25, -0.2) is 8.42 Å². The number of hydrogen-bond acceptors (Lipinski definition) is 4. The summed E-state index contributed by atoms with van der Waals surface area (Å²) in [4.78, 5) is 24.7. The molecule has 1 fully saturated rings. The van der Waals surface area contributed by atoms with Crippen molar-refractivity contribution in [1.82, 2.24) is 4.90 Å². The molecule has 0 radical (unpaired) electrons. The number of likely N-dealkylation sites (tertiary alicyclic amines) is 1. The summed E-state index contributed by atoms with van der Waals surface area (Å²) in [5.74, 6) is -2.04. The van der Waals surface area contributed by atoms with Gasteiger partial charge in [-0.05, 0) is 31.7 Å². The molecule has 132 valence electrons. The van der Waals surface area contributed by atoms with Crippen molar-refractivity contribution in [3.05, 3.63) is 35.9 Å². The fourth-order valence-corrected chi connectivity index (χ4v) is 4.13. The van der Waals surface area contributed by atoms with Gasteiger partial charge in [0.25, 0.3) is 0 Å². The normalized spacial score (nSPS) is 21.0. The average Bonchev–Trinajstić information content (AvgIpc) is 2.92. The fraction of sp³-hybridized carbons (Fsp3) is 0.529. The summed E-state index contributed by atoms with van der Waals surface area (Å²) in [5.41, 5.74) is 0.0861. The van der Waals surface area contributed by atoms with Crippen molar-refractivity contribution in [1.29, 1.82) is 0 Å². The molecule has 1 aromatic carbocycles. The molecule has 24 heavy (non-hydrogen) atoms. The highest BCUT2D eigenvalue weighted by atomic mass is 32.2. The van der Waals surface area contributed by atoms with E-state index < -0.39 is 32.9 Å². The maximum absolute atomic E-state index is 12.2. The van der Waals surface area contributed by atoms with Crippen molar-refractivity contribution in [2.75, 3.05) is 24.6 Å². The lowest BCUT2D eigenvalue weighted by Crippen LogP contribution is -2.38. The highest BCUT2D eigenvalue weighted by Crippen LogP contribution is 2.30. The second kappa shape index (κ2) is 7.34. The van der Waals surface area contributed by atoms with E-state index in [0.717, 1.165) is 5.56 Å². The van der Waals surface area contributed by atoms with Gasteiger partial charge in [0.05, 0.1) is 11.2 Å². The van der Waals surface area contributed by atoms with E-state index in [1.807, 2.05) is 30.3 Å². The summed E-state index contributed by atoms with van der Waals surface area (Å²) in [7, 11) is -3.48. The topological polar surface area (TPSA) is 91.8 Å². The maximum atomic E-state index is 12.2. The number of carbonyl (C=O) groups is 2. The van der Waals surface area contributed by atoms with Crippen LogP contribution >= 0.6 is 0 Å². The third kappa shape index (κ3) is 4.80. The van der Waals surface area contributed by atoms with E-state index in [1.165, 1.54) is 4.90 Å². The Labute approximate surface area is 142 Å². The molecule has 0 unspecified atom stereocenters. The van der Waals surface area contributed by atoms with Crippen LogP contribution in [-0.2, 0) is 25.8 Å². The van der Waals surface area contributed by atoms with Crippen LogP contribution in [0.5, 0.6) is 0 Å². The highest BCUT2D eigenvalue weighted by molar-refractivity contribution is 7.92. The first kappa shape index (κ1) is 18.4. The molecule has 2 rings (SSSR count). The van der Waals surface area contributed by atoms with E-state index in [4.69, 9.17) is 0 Å². The van der Waals surface area contributed by atoms with Gasteiger partial charge in [-0.3, -0.25) is 9.59 Å². The SMILES string of the molecule is C[C@@]1(C(=O)O)CCN(C(=O)CS(=O)(=O)CCCc2ccccc2)C1. The molecule has 7 heteroatoms. The third-order valence-electron chi connectivity index (χ3n) is 4.45. The Balaban J connectivity index is 1.83. The number of hydrogen-bond donors (Lipinski definition) is 1. The number of rotatable bonds is 7. The highest BCUT2D eigenvalue weighted by Gasteiger charge is 2.42. The van der Waals surface area contributed by atoms with Gasteiger partial charge in [0, 0.05) is 13.1 Å². The zero-order valence-corrected chi connectivity index (χ0v) is 14.6. The predicted octanol–water partition coefficient (Wildman–Crippen LogP) is 1.36. The molecule has 1 aromatic rings. The molecule has 1 N–H and O–H groups in total. The minimum Gasteiger partial charge on any atom is -0.481 e. The van der Waals surface area contributed by atoms with Crippen molar-refractivity contribution >= 4 is 21.7 Å². The number of nitrogens with zero attached hydrogens (tertiary/aromatic N) is 1. The first-order valence-corrected chi connectivity index (χ1v) is 9.79. The van der Waals surface area contributed by atoms with Crippen molar-refractivity contribution in [3.8, 4) is 0 Å². The summed E-state index contributed by atoms with van der Waals surface area (Å²) in [6.07, 6.45) is 1.46. The second-order valence-electron chi connectivity index (χ2n) is 6.61. The molecule has 1 aliphatic heterocycles. The third-order valence-corrected chi connectivity index (χ3v) is 6.05. The van der Waals surface area contributed by atoms with Crippen LogP contribution in [0.15, 0.2) is 30.3 Å². The van der Waals surface area contributed by atoms with Crippen molar-refractivity contribution in [3.63, 3.8) is 0 Å². The largest absolute Gasteiger partial charge is 0.481 e. The number of carboxylic acid groups (broad SMARTS) is 1. The van der Waals surface area contributed by atoms with E-state index in [1.54, 1.807) is 6.92 Å². The number of amides is 1. The predicted molar refractivity (Wildman–Crippen MR) is 90.4 cm³/mol. The smallest absolute Gasteiger partial charge is 0.311 e. The summed E-state index contributed by atoms with van der Waals surface area (Å²) in [6, 6.07) is 9.59. The standard InChI is InChI=1S/C17H23NO5S/c1-17(16(20)21)9-10-18(13-17)15(19)12-24(22,23)11-5-8-14-6-3-2-4-7-14/h2-4,6-7H,5,8-13H2,1H3,(H,20,21)/t17-/m1/s1. The number of aryl methyl sites for hydroxylation is 1. The number of benzene rings is 1. The lowest BCUT2D eigenvalue weighted by atomic mass is 9.90. The Morgan fingerprint density at radius 2 is 1.92 bits per heavy atom. The van der Waals surface area contributed by atoms with Crippen LogP contribution in [-0.4, -0.2) is 54.9 Å². The summed E-state index contributed by atoms with van der Waals surface area (Å²) >= 11 is 0. The van der Waals surface area contributed by atoms with Gasteiger partial charge in [0.2, 0.25) is 5.91 Å². The molecule has 0 bridgehead atoms. The first-order valence-electron chi connectivity index (χ1n) is 7.97. The maximum Gasteiger partial charge on any atom is 0.311 e. The summed E-state index contributed by atoms with van der Waals surface area (Å²) in [6.45, 7) is 1.94. The van der Waals surface area contributed by atoms with E-state index in [9.17, 15) is 23.1 Å². The summed E-state index contributed by atoms with van der Waals surface area (Å²) in [5, 5.41) is 9.17. The Kier molecular flexibility index (Phi) is 5.64. The lowest BCUT2D eigenvalue weighted by Gasteiger charge is -2.20. The number of carbonyl (C=O) groups excluding carboxylic acids is 1. The van der Waals surface area contributed by atoms with Crippen LogP contribution in [0.4, 0.5) is 0 Å². The van der Waals surface area contributed by atoms with Gasteiger partial charge in [0.15, 0.2) is 9.84 Å². The van der Waals surface area contributed by atoms with Gasteiger partial charge >= 0.3 is 5.97 Å². The van der Waals surface area contributed by atoms with Gasteiger partial charge in [0.1, 0.15) is 5.75 Å². The molecule has 1 heterocycles. The number of sulfone groups is 1. The van der Waals surface area contributed by atoms with Gasteiger partial charge < -0.3 is 10.0 Å². The zero-order valence-electron chi connectivity index (χ0n) is 13.8. The minimum absolute atomic E-state index is 0.0440. The fourth-order valence-electron chi connectivity index (χ4n) is 2.84. The molecular weight excluding hydrogens is 330 g/mol. The van der Waals surface area contributed by atoms with Crippen LogP contribution in [0.2, 0.25) is 0 Å². The molecule has 0 aromatic heterocycles. The molecule has 0 aliphatic carbocycles. The molecular formula is C17H23NO5S. The van der Waals surface area contributed by atoms with Crippen LogP contribution in [0, 0.1) is 5.41 Å². The Morgan fingerprint density at radius 1 is 1.25 bits per heavy atom. The molecule has 1 aliphatic rings. The monoisotopic (exact) mass is 353 g/mol.